The largest absolute Gasteiger partial charge is 0.507 e. The maximum Gasteiger partial charge on any atom is 0.255 e. The minimum atomic E-state index is -0.224. The van der Waals surface area contributed by atoms with E-state index in [1.54, 1.807) is 24.3 Å². The summed E-state index contributed by atoms with van der Waals surface area (Å²) in [7, 11) is 0. The molecule has 4 aromatic rings. The number of amides is 1. The van der Waals surface area contributed by atoms with Crippen LogP contribution in [0.1, 0.15) is 22.8 Å². The van der Waals surface area contributed by atoms with Gasteiger partial charge in [0.25, 0.3) is 5.91 Å². The van der Waals surface area contributed by atoms with E-state index in [9.17, 15) is 9.90 Å². The minimum absolute atomic E-state index is 0.0366. The Morgan fingerprint density at radius 1 is 1.11 bits per heavy atom. The maximum absolute atomic E-state index is 12.5. The molecule has 4 rings (SSSR count). The van der Waals surface area contributed by atoms with Crippen LogP contribution in [-0.2, 0) is 6.42 Å². The highest BCUT2D eigenvalue weighted by Gasteiger charge is 2.15. The number of anilines is 1. The van der Waals surface area contributed by atoms with Crippen molar-refractivity contribution < 1.29 is 14.3 Å². The maximum atomic E-state index is 12.5. The van der Waals surface area contributed by atoms with E-state index < -0.39 is 0 Å². The topological polar surface area (TPSA) is 75.4 Å². The summed E-state index contributed by atoms with van der Waals surface area (Å²) in [5.41, 5.74) is 4.09. The number of carbonyl (C=O) groups is 1. The van der Waals surface area contributed by atoms with Crippen LogP contribution < -0.4 is 5.32 Å². The second-order valence-corrected chi connectivity index (χ2v) is 7.61. The summed E-state index contributed by atoms with van der Waals surface area (Å²) in [5.74, 6) is 0.124. The van der Waals surface area contributed by atoms with Gasteiger partial charge in [-0.15, -0.1) is 0 Å². The molecule has 0 aliphatic carbocycles. The van der Waals surface area contributed by atoms with Gasteiger partial charge in [0.2, 0.25) is 5.89 Å². The Morgan fingerprint density at radius 3 is 2.64 bits per heavy atom. The molecule has 1 amide bonds. The molecule has 0 spiro atoms. The molecule has 0 aliphatic rings. The molecule has 140 valence electrons. The zero-order valence-electron chi connectivity index (χ0n) is 15.1. The van der Waals surface area contributed by atoms with Crippen LogP contribution in [0.25, 0.3) is 22.6 Å². The molecule has 0 saturated carbocycles. The highest BCUT2D eigenvalue weighted by Crippen LogP contribution is 2.33. The third-order valence-corrected chi connectivity index (χ3v) is 5.17. The molecule has 0 fully saturated rings. The predicted octanol–water partition coefficient (Wildman–Crippen LogP) is 5.62. The third-order valence-electron chi connectivity index (χ3n) is 4.45. The predicted molar refractivity (Wildman–Crippen MR) is 118 cm³/mol. The van der Waals surface area contributed by atoms with Gasteiger partial charge in [0.15, 0.2) is 5.58 Å². The van der Waals surface area contributed by atoms with Crippen molar-refractivity contribution in [2.45, 2.75) is 13.3 Å². The molecule has 3 aromatic carbocycles. The summed E-state index contributed by atoms with van der Waals surface area (Å²) in [5, 5.41) is 13.1. The van der Waals surface area contributed by atoms with E-state index in [1.807, 2.05) is 30.3 Å². The lowest BCUT2D eigenvalue weighted by Crippen LogP contribution is -2.11. The van der Waals surface area contributed by atoms with E-state index in [2.05, 4.69) is 39.8 Å². The van der Waals surface area contributed by atoms with Gasteiger partial charge in [-0.3, -0.25) is 4.79 Å². The number of nitrogens with zero attached hydrogens (tertiary/aromatic N) is 1. The number of hydrogen-bond acceptors (Lipinski definition) is 4. The first-order valence-electron chi connectivity index (χ1n) is 8.83. The van der Waals surface area contributed by atoms with Crippen molar-refractivity contribution in [2.75, 3.05) is 5.32 Å². The van der Waals surface area contributed by atoms with Gasteiger partial charge in [-0.2, -0.15) is 0 Å². The summed E-state index contributed by atoms with van der Waals surface area (Å²) in [4.78, 5) is 17.0. The Bertz CT molecular complexity index is 1170. The van der Waals surface area contributed by atoms with Gasteiger partial charge in [0.1, 0.15) is 11.3 Å². The van der Waals surface area contributed by atoms with Gasteiger partial charge >= 0.3 is 0 Å². The van der Waals surface area contributed by atoms with Crippen molar-refractivity contribution in [1.82, 2.24) is 4.98 Å². The Morgan fingerprint density at radius 2 is 1.89 bits per heavy atom. The first-order valence-corrected chi connectivity index (χ1v) is 9.91. The van der Waals surface area contributed by atoms with Gasteiger partial charge in [0.05, 0.1) is 5.56 Å². The lowest BCUT2D eigenvalue weighted by molar-refractivity contribution is 0.102. The molecule has 0 aliphatic heterocycles. The van der Waals surface area contributed by atoms with Crippen LogP contribution in [0.15, 0.2) is 65.1 Å². The van der Waals surface area contributed by atoms with Crippen molar-refractivity contribution in [3.05, 3.63) is 75.4 Å². The van der Waals surface area contributed by atoms with E-state index in [4.69, 9.17) is 4.42 Å². The SMILES string of the molecule is CCc1ccc2oc(-c3cc(NC(=O)c4ccc(I)cc4)ccc3O)nc2c1. The number of aromatic hydroxyl groups is 1. The van der Waals surface area contributed by atoms with Crippen molar-refractivity contribution in [3.63, 3.8) is 0 Å². The van der Waals surface area contributed by atoms with E-state index in [1.165, 1.54) is 6.07 Å². The quantitative estimate of drug-likeness (QED) is 0.291. The van der Waals surface area contributed by atoms with Gasteiger partial charge in [-0.25, -0.2) is 4.98 Å². The first-order chi connectivity index (χ1) is 13.5. The number of phenolic OH excluding ortho intramolecular Hbond substituents is 1. The van der Waals surface area contributed by atoms with Crippen molar-refractivity contribution >= 4 is 45.3 Å². The molecule has 6 heteroatoms. The molecule has 5 nitrogen and oxygen atoms in total. The smallest absolute Gasteiger partial charge is 0.255 e. The summed E-state index contributed by atoms with van der Waals surface area (Å²) < 4.78 is 6.87. The number of phenols is 1. The second-order valence-electron chi connectivity index (χ2n) is 6.37. The van der Waals surface area contributed by atoms with Crippen LogP contribution in [0, 0.1) is 3.57 Å². The molecular weight excluding hydrogens is 467 g/mol. The number of fused-ring (bicyclic) bond motifs is 1. The van der Waals surface area contributed by atoms with Crippen LogP contribution in [0.3, 0.4) is 0 Å². The fourth-order valence-corrected chi connectivity index (χ4v) is 3.26. The van der Waals surface area contributed by atoms with E-state index in [0.29, 0.717) is 28.3 Å². The molecular formula is C22H17IN2O3. The van der Waals surface area contributed by atoms with Crippen molar-refractivity contribution in [2.24, 2.45) is 0 Å². The fraction of sp³-hybridized carbons (Fsp3) is 0.0909. The van der Waals surface area contributed by atoms with Gasteiger partial charge < -0.3 is 14.8 Å². The highest BCUT2D eigenvalue weighted by molar-refractivity contribution is 14.1. The number of carbonyl (C=O) groups excluding carboxylic acids is 1. The number of rotatable bonds is 4. The van der Waals surface area contributed by atoms with E-state index in [-0.39, 0.29) is 11.7 Å². The second kappa shape index (κ2) is 7.63. The lowest BCUT2D eigenvalue weighted by atomic mass is 10.1. The zero-order chi connectivity index (χ0) is 19.7. The highest BCUT2D eigenvalue weighted by atomic mass is 127. The molecule has 1 aromatic heterocycles. The summed E-state index contributed by atoms with van der Waals surface area (Å²) >= 11 is 2.19. The van der Waals surface area contributed by atoms with Crippen molar-refractivity contribution in [1.29, 1.82) is 0 Å². The molecule has 1 heterocycles. The summed E-state index contributed by atoms with van der Waals surface area (Å²) in [6, 6.07) is 18.0. The first kappa shape index (κ1) is 18.5. The molecule has 0 saturated heterocycles. The van der Waals surface area contributed by atoms with Crippen molar-refractivity contribution in [3.8, 4) is 17.2 Å². The normalized spacial score (nSPS) is 10.9. The average Bonchev–Trinajstić information content (AvgIpc) is 3.12. The number of aryl methyl sites for hydroxylation is 1. The van der Waals surface area contributed by atoms with E-state index in [0.717, 1.165) is 21.1 Å². The average molecular weight is 484 g/mol. The molecule has 28 heavy (non-hydrogen) atoms. The molecule has 2 N–H and O–H groups in total. The summed E-state index contributed by atoms with van der Waals surface area (Å²) in [6.45, 7) is 2.08. The number of hydrogen-bond donors (Lipinski definition) is 2. The van der Waals surface area contributed by atoms with Crippen LogP contribution >= 0.6 is 22.6 Å². The van der Waals surface area contributed by atoms with Gasteiger partial charge in [0, 0.05) is 14.8 Å². The molecule has 0 unspecified atom stereocenters. The minimum Gasteiger partial charge on any atom is -0.507 e. The van der Waals surface area contributed by atoms with Crippen LogP contribution in [0.5, 0.6) is 5.75 Å². The summed E-state index contributed by atoms with van der Waals surface area (Å²) in [6.07, 6.45) is 0.906. The molecule has 0 bridgehead atoms. The standard InChI is InChI=1S/C22H17IN2O3/c1-2-13-3-10-20-18(11-13)25-22(28-20)17-12-16(8-9-19(17)26)24-21(27)14-4-6-15(23)7-5-14/h3-12,26H,2H2,1H3,(H,24,27). The lowest BCUT2D eigenvalue weighted by Gasteiger charge is -2.08. The Labute approximate surface area is 175 Å². The van der Waals surface area contributed by atoms with Crippen LogP contribution in [-0.4, -0.2) is 16.0 Å². The number of benzene rings is 3. The fourth-order valence-electron chi connectivity index (χ4n) is 2.90. The number of nitrogens with one attached hydrogen (secondary N) is 1. The Kier molecular flexibility index (Phi) is 5.04. The Balaban J connectivity index is 1.65. The van der Waals surface area contributed by atoms with Gasteiger partial charge in [-0.05, 0) is 89.2 Å². The Hall–Kier alpha value is -2.87. The monoisotopic (exact) mass is 484 g/mol. The number of aromatic nitrogens is 1. The zero-order valence-corrected chi connectivity index (χ0v) is 17.2. The molecule has 0 radical (unpaired) electrons. The van der Waals surface area contributed by atoms with E-state index >= 15 is 0 Å². The van der Waals surface area contributed by atoms with Crippen LogP contribution in [0.4, 0.5) is 5.69 Å². The van der Waals surface area contributed by atoms with Crippen LogP contribution in [0.2, 0.25) is 0 Å². The third kappa shape index (κ3) is 3.73. The van der Waals surface area contributed by atoms with Gasteiger partial charge in [-0.1, -0.05) is 13.0 Å². The number of halogens is 1. The number of oxazole rings is 1. The molecule has 0 atom stereocenters.